The number of hydrogen-bond acceptors (Lipinski definition) is 7. The fourth-order valence-corrected chi connectivity index (χ4v) is 4.13. The topological polar surface area (TPSA) is 115 Å². The molecule has 2 aromatic heterocycles. The molecule has 3 aromatic rings. The molecule has 1 aromatic carbocycles. The molecule has 1 saturated heterocycles. The third-order valence-electron chi connectivity index (χ3n) is 4.95. The number of carbonyl (C=O) groups excluding carboxylic acids is 1. The fraction of sp³-hybridized carbons (Fsp3) is 0.368. The summed E-state index contributed by atoms with van der Waals surface area (Å²) in [6, 6.07) is 7.54. The molecule has 1 aliphatic heterocycles. The van der Waals surface area contributed by atoms with Crippen LogP contribution in [0.4, 0.5) is 5.13 Å². The second-order valence-corrected chi connectivity index (χ2v) is 7.63. The van der Waals surface area contributed by atoms with Crippen molar-refractivity contribution < 1.29 is 9.21 Å². The predicted molar refractivity (Wildman–Crippen MR) is 106 cm³/mol. The number of aromatic nitrogens is 2. The van der Waals surface area contributed by atoms with Crippen LogP contribution in [-0.4, -0.2) is 40.4 Å². The highest BCUT2D eigenvalue weighted by Gasteiger charge is 2.25. The van der Waals surface area contributed by atoms with Crippen molar-refractivity contribution in [3.05, 3.63) is 34.1 Å². The number of amides is 1. The van der Waals surface area contributed by atoms with Crippen LogP contribution in [0.15, 0.2) is 32.8 Å². The molecule has 144 valence electrons. The first-order valence-electron chi connectivity index (χ1n) is 9.11. The average molecular weight is 397 g/mol. The number of piperidine rings is 1. The third kappa shape index (κ3) is 3.98. The minimum atomic E-state index is -0.489. The van der Waals surface area contributed by atoms with Gasteiger partial charge in [-0.1, -0.05) is 6.07 Å². The van der Waals surface area contributed by atoms with Gasteiger partial charge in [-0.2, -0.15) is 5.26 Å². The highest BCUT2D eigenvalue weighted by molar-refractivity contribution is 7.14. The summed E-state index contributed by atoms with van der Waals surface area (Å²) in [5, 5.41) is 14.0. The lowest BCUT2D eigenvalue weighted by molar-refractivity contribution is -0.121. The molecule has 28 heavy (non-hydrogen) atoms. The molecule has 0 radical (unpaired) electrons. The zero-order chi connectivity index (χ0) is 19.5. The van der Waals surface area contributed by atoms with E-state index in [1.807, 2.05) is 11.4 Å². The molecule has 1 amide bonds. The van der Waals surface area contributed by atoms with Gasteiger partial charge in [-0.25, -0.2) is 9.78 Å². The number of oxazole rings is 1. The average Bonchev–Trinajstić information content (AvgIpc) is 3.31. The number of nitriles is 1. The van der Waals surface area contributed by atoms with Crippen molar-refractivity contribution in [2.45, 2.75) is 19.3 Å². The van der Waals surface area contributed by atoms with Crippen LogP contribution < -0.4 is 11.1 Å². The maximum Gasteiger partial charge on any atom is 0.417 e. The molecule has 0 unspecified atom stereocenters. The third-order valence-corrected chi connectivity index (χ3v) is 5.71. The lowest BCUT2D eigenvalue weighted by Crippen LogP contribution is -2.38. The Morgan fingerprint density at radius 3 is 3.04 bits per heavy atom. The van der Waals surface area contributed by atoms with Crippen LogP contribution in [0.5, 0.6) is 0 Å². The molecule has 0 spiro atoms. The number of aromatic amines is 1. The number of fused-ring (bicyclic) bond motifs is 1. The maximum atomic E-state index is 12.5. The van der Waals surface area contributed by atoms with E-state index in [0.29, 0.717) is 22.7 Å². The van der Waals surface area contributed by atoms with Crippen LogP contribution in [-0.2, 0) is 4.79 Å². The van der Waals surface area contributed by atoms with Crippen molar-refractivity contribution in [1.82, 2.24) is 14.9 Å². The number of thiazole rings is 1. The van der Waals surface area contributed by atoms with Crippen LogP contribution in [0.2, 0.25) is 0 Å². The number of likely N-dealkylation sites (tertiary alicyclic amines) is 1. The lowest BCUT2D eigenvalue weighted by atomic mass is 9.96. The molecule has 3 heterocycles. The van der Waals surface area contributed by atoms with E-state index in [-0.39, 0.29) is 11.8 Å². The summed E-state index contributed by atoms with van der Waals surface area (Å²) in [6.07, 6.45) is 2.11. The predicted octanol–water partition coefficient (Wildman–Crippen LogP) is 2.81. The largest absolute Gasteiger partial charge is 0.417 e. The van der Waals surface area contributed by atoms with Gasteiger partial charge in [-0.15, -0.1) is 11.3 Å². The van der Waals surface area contributed by atoms with Crippen molar-refractivity contribution in [3.8, 4) is 17.3 Å². The summed E-state index contributed by atoms with van der Waals surface area (Å²) in [5.74, 6) is -0.527. The Morgan fingerprint density at radius 1 is 1.43 bits per heavy atom. The zero-order valence-corrected chi connectivity index (χ0v) is 15.9. The van der Waals surface area contributed by atoms with Crippen LogP contribution in [0.1, 0.15) is 19.3 Å². The Balaban J connectivity index is 1.38. The van der Waals surface area contributed by atoms with E-state index in [1.54, 1.807) is 12.1 Å². The second-order valence-electron chi connectivity index (χ2n) is 6.78. The lowest BCUT2D eigenvalue weighted by Gasteiger charge is -2.30. The zero-order valence-electron chi connectivity index (χ0n) is 15.1. The van der Waals surface area contributed by atoms with Crippen LogP contribution >= 0.6 is 11.3 Å². The SMILES string of the molecule is N#CCCN1CCC(C(=O)Nc2nc(-c3ccc4[nH]c(=O)oc4c3)cs2)CC1. The molecule has 0 bridgehead atoms. The van der Waals surface area contributed by atoms with Gasteiger partial charge in [0, 0.05) is 29.8 Å². The van der Waals surface area contributed by atoms with E-state index in [9.17, 15) is 9.59 Å². The smallest absolute Gasteiger partial charge is 0.408 e. The van der Waals surface area contributed by atoms with Crippen molar-refractivity contribution in [1.29, 1.82) is 5.26 Å². The number of nitrogens with zero attached hydrogens (tertiary/aromatic N) is 3. The van der Waals surface area contributed by atoms with Crippen LogP contribution in [0, 0.1) is 17.2 Å². The molecule has 9 heteroatoms. The summed E-state index contributed by atoms with van der Waals surface area (Å²) < 4.78 is 5.09. The molecule has 0 saturated carbocycles. The Morgan fingerprint density at radius 2 is 2.25 bits per heavy atom. The Hall–Kier alpha value is -2.96. The summed E-state index contributed by atoms with van der Waals surface area (Å²) in [6.45, 7) is 2.45. The quantitative estimate of drug-likeness (QED) is 0.684. The number of anilines is 1. The first-order valence-corrected chi connectivity index (χ1v) is 9.99. The highest BCUT2D eigenvalue weighted by Crippen LogP contribution is 2.28. The number of rotatable bonds is 5. The summed E-state index contributed by atoms with van der Waals surface area (Å²) in [5.41, 5.74) is 2.65. The number of carbonyl (C=O) groups is 1. The van der Waals surface area contributed by atoms with Gasteiger partial charge in [0.15, 0.2) is 10.7 Å². The van der Waals surface area contributed by atoms with Crippen LogP contribution in [0.3, 0.4) is 0 Å². The van der Waals surface area contributed by atoms with E-state index in [4.69, 9.17) is 9.68 Å². The van der Waals surface area contributed by atoms with E-state index in [0.717, 1.165) is 43.7 Å². The summed E-state index contributed by atoms with van der Waals surface area (Å²) in [7, 11) is 0. The van der Waals surface area contributed by atoms with Crippen molar-refractivity contribution in [3.63, 3.8) is 0 Å². The van der Waals surface area contributed by atoms with E-state index in [1.165, 1.54) is 11.3 Å². The molecule has 2 N–H and O–H groups in total. The van der Waals surface area contributed by atoms with Crippen molar-refractivity contribution in [2.24, 2.45) is 5.92 Å². The minimum Gasteiger partial charge on any atom is -0.408 e. The van der Waals surface area contributed by atoms with Gasteiger partial charge in [0.1, 0.15) is 0 Å². The first-order chi connectivity index (χ1) is 13.6. The normalized spacial score (nSPS) is 15.5. The molecule has 1 fully saturated rings. The molecule has 8 nitrogen and oxygen atoms in total. The van der Waals surface area contributed by atoms with Gasteiger partial charge in [0.2, 0.25) is 5.91 Å². The summed E-state index contributed by atoms with van der Waals surface area (Å²) in [4.78, 5) is 33.1. The standard InChI is InChI=1S/C19H19N5O3S/c20-6-1-7-24-8-4-12(5-9-24)17(25)23-18-21-15(11-28-18)13-2-3-14-16(10-13)27-19(26)22-14/h2-3,10-12H,1,4-5,7-9H2,(H,22,26)(H,21,23,25). The van der Waals surface area contributed by atoms with Crippen molar-refractivity contribution >= 4 is 33.5 Å². The molecule has 0 atom stereocenters. The van der Waals surface area contributed by atoms with Gasteiger partial charge in [0.05, 0.1) is 17.3 Å². The van der Waals surface area contributed by atoms with Crippen LogP contribution in [0.25, 0.3) is 22.4 Å². The first kappa shape index (κ1) is 18.4. The highest BCUT2D eigenvalue weighted by atomic mass is 32.1. The molecule has 4 rings (SSSR count). The van der Waals surface area contributed by atoms with Gasteiger partial charge >= 0.3 is 5.76 Å². The minimum absolute atomic E-state index is 0.00656. The van der Waals surface area contributed by atoms with Crippen molar-refractivity contribution in [2.75, 3.05) is 25.0 Å². The Bertz CT molecular complexity index is 1080. The fourth-order valence-electron chi connectivity index (χ4n) is 3.40. The number of benzene rings is 1. The van der Waals surface area contributed by atoms with Gasteiger partial charge in [0.25, 0.3) is 0 Å². The van der Waals surface area contributed by atoms with Gasteiger partial charge < -0.3 is 14.6 Å². The Labute approximate surface area is 164 Å². The molecule has 1 aliphatic rings. The molecular formula is C19H19N5O3S. The van der Waals surface area contributed by atoms with E-state index >= 15 is 0 Å². The number of nitrogens with one attached hydrogen (secondary N) is 2. The van der Waals surface area contributed by atoms with Gasteiger partial charge in [-0.05, 0) is 38.1 Å². The van der Waals surface area contributed by atoms with E-state index in [2.05, 4.69) is 26.3 Å². The molecule has 0 aliphatic carbocycles. The van der Waals surface area contributed by atoms with Gasteiger partial charge in [-0.3, -0.25) is 9.78 Å². The number of H-pyrrole nitrogens is 1. The second kappa shape index (κ2) is 7.96. The molecular weight excluding hydrogens is 378 g/mol. The monoisotopic (exact) mass is 397 g/mol. The van der Waals surface area contributed by atoms with E-state index < -0.39 is 5.76 Å². The maximum absolute atomic E-state index is 12.5. The Kier molecular flexibility index (Phi) is 5.23. The number of hydrogen-bond donors (Lipinski definition) is 2. The summed E-state index contributed by atoms with van der Waals surface area (Å²) >= 11 is 1.37.